The van der Waals surface area contributed by atoms with E-state index in [4.69, 9.17) is 0 Å². The topological polar surface area (TPSA) is 0 Å². The molecule has 56 valence electrons. The van der Waals surface area contributed by atoms with E-state index in [1.54, 1.807) is 6.07 Å². The van der Waals surface area contributed by atoms with Gasteiger partial charge in [-0.2, -0.15) is 0 Å². The van der Waals surface area contributed by atoms with Gasteiger partial charge in [0.25, 0.3) is 0 Å². The Morgan fingerprint density at radius 2 is 2.10 bits per heavy atom. The molecule has 1 aromatic carbocycles. The predicted molar refractivity (Wildman–Crippen MR) is 50.1 cm³/mol. The minimum Gasteiger partial charge on any atom is -0.207 e. The summed E-state index contributed by atoms with van der Waals surface area (Å²) in [5.74, 6) is -0.157. The summed E-state index contributed by atoms with van der Waals surface area (Å²) in [6.07, 6.45) is 0.817. The fourth-order valence-electron chi connectivity index (χ4n) is 0.664. The van der Waals surface area contributed by atoms with Crippen LogP contribution in [0.15, 0.2) is 24.3 Å². The maximum atomic E-state index is 12.3. The zero-order chi connectivity index (χ0) is 6.69. The van der Waals surface area contributed by atoms with Gasteiger partial charge in [0.1, 0.15) is 5.82 Å². The van der Waals surface area contributed by atoms with E-state index in [0.29, 0.717) is 0 Å². The second-order valence-corrected chi connectivity index (χ2v) is 2.24. The smallest absolute Gasteiger partial charge is 0.123 e. The molecular weight excluding hydrogens is 214 g/mol. The SMILES string of the molecule is Br.Fc1cccc(CP)c1. The van der Waals surface area contributed by atoms with E-state index in [1.165, 1.54) is 12.1 Å². The molecule has 0 fully saturated rings. The number of rotatable bonds is 1. The molecule has 0 nitrogen and oxygen atoms in total. The van der Waals surface area contributed by atoms with Crippen molar-refractivity contribution in [2.75, 3.05) is 0 Å². The van der Waals surface area contributed by atoms with Crippen molar-refractivity contribution in [3.05, 3.63) is 35.6 Å². The van der Waals surface area contributed by atoms with Gasteiger partial charge in [0, 0.05) is 0 Å². The van der Waals surface area contributed by atoms with Gasteiger partial charge >= 0.3 is 0 Å². The van der Waals surface area contributed by atoms with Crippen LogP contribution in [0.4, 0.5) is 4.39 Å². The van der Waals surface area contributed by atoms with Gasteiger partial charge in [0.2, 0.25) is 0 Å². The van der Waals surface area contributed by atoms with Gasteiger partial charge in [-0.1, -0.05) is 12.1 Å². The number of hydrogen-bond acceptors (Lipinski definition) is 0. The molecule has 10 heavy (non-hydrogen) atoms. The third kappa shape index (κ3) is 2.76. The summed E-state index contributed by atoms with van der Waals surface area (Å²) < 4.78 is 12.3. The molecule has 0 saturated heterocycles. The van der Waals surface area contributed by atoms with Gasteiger partial charge in [-0.05, 0) is 23.9 Å². The first-order chi connectivity index (χ1) is 4.33. The number of hydrogen-bond donors (Lipinski definition) is 0. The molecule has 0 aliphatic rings. The molecule has 0 N–H and O–H groups in total. The number of halogens is 2. The highest BCUT2D eigenvalue weighted by Crippen LogP contribution is 2.06. The number of benzene rings is 1. The molecule has 1 aromatic rings. The van der Waals surface area contributed by atoms with Crippen molar-refractivity contribution in [3.63, 3.8) is 0 Å². The molecule has 0 spiro atoms. The van der Waals surface area contributed by atoms with E-state index in [0.717, 1.165) is 11.7 Å². The third-order valence-electron chi connectivity index (χ3n) is 1.12. The quantitative estimate of drug-likeness (QED) is 0.642. The van der Waals surface area contributed by atoms with Gasteiger partial charge in [0.15, 0.2) is 0 Å². The molecule has 0 saturated carbocycles. The largest absolute Gasteiger partial charge is 0.207 e. The van der Waals surface area contributed by atoms with Crippen LogP contribution in [-0.4, -0.2) is 0 Å². The van der Waals surface area contributed by atoms with Crippen molar-refractivity contribution in [1.29, 1.82) is 0 Å². The first kappa shape index (κ1) is 10.1. The molecule has 0 aliphatic heterocycles. The summed E-state index contributed by atoms with van der Waals surface area (Å²) >= 11 is 0. The highest BCUT2D eigenvalue weighted by Gasteiger charge is 1.89. The molecular formula is C7H9BrFP. The van der Waals surface area contributed by atoms with Crippen LogP contribution >= 0.6 is 26.2 Å². The lowest BCUT2D eigenvalue weighted by molar-refractivity contribution is 0.626. The lowest BCUT2D eigenvalue weighted by atomic mass is 10.2. The van der Waals surface area contributed by atoms with E-state index in [2.05, 4.69) is 9.24 Å². The normalized spacial score (nSPS) is 8.60. The minimum atomic E-state index is -0.157. The monoisotopic (exact) mass is 222 g/mol. The van der Waals surface area contributed by atoms with Crippen molar-refractivity contribution in [2.24, 2.45) is 0 Å². The van der Waals surface area contributed by atoms with Gasteiger partial charge in [-0.3, -0.25) is 0 Å². The van der Waals surface area contributed by atoms with Crippen LogP contribution < -0.4 is 0 Å². The van der Waals surface area contributed by atoms with Crippen molar-refractivity contribution < 1.29 is 4.39 Å². The average Bonchev–Trinajstić information content (AvgIpc) is 1.88. The maximum absolute atomic E-state index is 12.3. The summed E-state index contributed by atoms with van der Waals surface area (Å²) in [6.45, 7) is 0. The lowest BCUT2D eigenvalue weighted by Gasteiger charge is -1.92. The average molecular weight is 223 g/mol. The minimum absolute atomic E-state index is 0. The summed E-state index contributed by atoms with van der Waals surface area (Å²) in [6, 6.07) is 6.60. The molecule has 0 heterocycles. The van der Waals surface area contributed by atoms with Crippen molar-refractivity contribution >= 4 is 26.2 Å². The third-order valence-corrected chi connectivity index (χ3v) is 1.60. The Kier molecular flexibility index (Phi) is 4.84. The molecule has 0 aliphatic carbocycles. The van der Waals surface area contributed by atoms with Gasteiger partial charge in [-0.15, -0.1) is 26.2 Å². The fourth-order valence-corrected chi connectivity index (χ4v) is 0.918. The highest BCUT2D eigenvalue weighted by atomic mass is 79.9. The molecule has 0 amide bonds. The van der Waals surface area contributed by atoms with Crippen LogP contribution in [0.5, 0.6) is 0 Å². The zero-order valence-corrected chi connectivity index (χ0v) is 8.25. The summed E-state index contributed by atoms with van der Waals surface area (Å²) in [5, 5.41) is 0. The Hall–Kier alpha value is 0.0600. The second-order valence-electron chi connectivity index (χ2n) is 1.83. The van der Waals surface area contributed by atoms with Crippen LogP contribution in [-0.2, 0) is 6.16 Å². The van der Waals surface area contributed by atoms with Gasteiger partial charge in [-0.25, -0.2) is 4.39 Å². The van der Waals surface area contributed by atoms with Crippen LogP contribution in [0.1, 0.15) is 5.56 Å². The summed E-state index contributed by atoms with van der Waals surface area (Å²) in [5.41, 5.74) is 1.01. The van der Waals surface area contributed by atoms with Crippen LogP contribution in [0, 0.1) is 5.82 Å². The Morgan fingerprint density at radius 1 is 1.40 bits per heavy atom. The lowest BCUT2D eigenvalue weighted by Crippen LogP contribution is -1.77. The molecule has 3 heteroatoms. The molecule has 1 atom stereocenters. The van der Waals surface area contributed by atoms with Gasteiger partial charge in [0.05, 0.1) is 0 Å². The Labute approximate surface area is 72.8 Å². The van der Waals surface area contributed by atoms with E-state index in [9.17, 15) is 4.39 Å². The predicted octanol–water partition coefficient (Wildman–Crippen LogP) is 2.78. The molecule has 1 rings (SSSR count). The molecule has 1 unspecified atom stereocenters. The van der Waals surface area contributed by atoms with E-state index >= 15 is 0 Å². The van der Waals surface area contributed by atoms with E-state index < -0.39 is 0 Å². The molecule has 0 radical (unpaired) electrons. The first-order valence-corrected chi connectivity index (χ1v) is 3.59. The van der Waals surface area contributed by atoms with Crippen LogP contribution in [0.2, 0.25) is 0 Å². The van der Waals surface area contributed by atoms with E-state index in [1.807, 2.05) is 6.07 Å². The standard InChI is InChI=1S/C7H8FP.BrH/c8-7-3-1-2-6(4-7)5-9;/h1-4H,5,9H2;1H. The Bertz CT molecular complexity index is 203. The fraction of sp³-hybridized carbons (Fsp3) is 0.143. The van der Waals surface area contributed by atoms with Crippen LogP contribution in [0.3, 0.4) is 0 Å². The zero-order valence-electron chi connectivity index (χ0n) is 5.38. The van der Waals surface area contributed by atoms with Gasteiger partial charge < -0.3 is 0 Å². The first-order valence-electron chi connectivity index (χ1n) is 2.77. The Morgan fingerprint density at radius 3 is 2.50 bits per heavy atom. The molecule has 0 aromatic heterocycles. The van der Waals surface area contributed by atoms with Crippen LogP contribution in [0.25, 0.3) is 0 Å². The van der Waals surface area contributed by atoms with Crippen molar-refractivity contribution in [2.45, 2.75) is 6.16 Å². The second kappa shape index (κ2) is 4.81. The van der Waals surface area contributed by atoms with Crippen molar-refractivity contribution in [3.8, 4) is 0 Å². The Balaban J connectivity index is 0.000000810. The molecule has 0 bridgehead atoms. The summed E-state index contributed by atoms with van der Waals surface area (Å²) in [4.78, 5) is 0. The summed E-state index contributed by atoms with van der Waals surface area (Å²) in [7, 11) is 2.55. The highest BCUT2D eigenvalue weighted by molar-refractivity contribution is 8.93. The maximum Gasteiger partial charge on any atom is 0.123 e. The van der Waals surface area contributed by atoms with Crippen molar-refractivity contribution in [1.82, 2.24) is 0 Å². The van der Waals surface area contributed by atoms with E-state index in [-0.39, 0.29) is 22.8 Å².